The van der Waals surface area contributed by atoms with Gasteiger partial charge in [0.2, 0.25) is 0 Å². The summed E-state index contributed by atoms with van der Waals surface area (Å²) in [5, 5.41) is 21.2. The van der Waals surface area contributed by atoms with Crippen LogP contribution in [0.4, 0.5) is 17.6 Å². The standard InChI is InChI=1S/C33H21ClF4N6O4S/c1-14-8-19(30-28(41-14)21(13-49-30)32(46)47)18-9-17(34)4-5-25(18)48-7-6-44-16(3)43-24-10-22(33(36,37)38)26(20(11-39)27(24)31(44)45)29-23(35)12-40-15(2)42-29/h4-5,8-10,12-13H,6-7H2,1-3H3,(H,46,47). The molecule has 0 fully saturated rings. The number of aromatic carboxylic acids is 1. The molecule has 49 heavy (non-hydrogen) atoms. The van der Waals surface area contributed by atoms with Crippen LogP contribution in [0.25, 0.3) is 43.5 Å². The van der Waals surface area contributed by atoms with Crippen molar-refractivity contribution in [3.05, 3.63) is 97.1 Å². The molecule has 0 unspecified atom stereocenters. The van der Waals surface area contributed by atoms with E-state index in [2.05, 4.69) is 19.9 Å². The van der Waals surface area contributed by atoms with Gasteiger partial charge < -0.3 is 9.84 Å². The van der Waals surface area contributed by atoms with Gasteiger partial charge >= 0.3 is 12.1 Å². The van der Waals surface area contributed by atoms with Crippen LogP contribution in [-0.2, 0) is 12.7 Å². The van der Waals surface area contributed by atoms with E-state index >= 15 is 0 Å². The molecule has 0 spiro atoms. The van der Waals surface area contributed by atoms with Crippen molar-refractivity contribution < 1.29 is 32.2 Å². The summed E-state index contributed by atoms with van der Waals surface area (Å²) >= 11 is 7.54. The van der Waals surface area contributed by atoms with Crippen molar-refractivity contribution in [1.29, 1.82) is 5.26 Å². The smallest absolute Gasteiger partial charge is 0.417 e. The minimum atomic E-state index is -5.05. The summed E-state index contributed by atoms with van der Waals surface area (Å²) in [5.41, 5.74) is -2.95. The highest BCUT2D eigenvalue weighted by molar-refractivity contribution is 7.18. The van der Waals surface area contributed by atoms with Gasteiger partial charge in [-0.2, -0.15) is 18.4 Å². The van der Waals surface area contributed by atoms with Gasteiger partial charge in [0.1, 0.15) is 35.8 Å². The topological polar surface area (TPSA) is 144 Å². The molecule has 16 heteroatoms. The van der Waals surface area contributed by atoms with E-state index in [-0.39, 0.29) is 30.4 Å². The Morgan fingerprint density at radius 1 is 1.12 bits per heavy atom. The first-order valence-corrected chi connectivity index (χ1v) is 15.5. The summed E-state index contributed by atoms with van der Waals surface area (Å²) in [6.07, 6.45) is -4.36. The van der Waals surface area contributed by atoms with Gasteiger partial charge in [-0.05, 0) is 51.1 Å². The molecule has 0 saturated carbocycles. The summed E-state index contributed by atoms with van der Waals surface area (Å²) in [5.74, 6) is -2.00. The average molecular weight is 709 g/mol. The first kappa shape index (κ1) is 33.4. The third-order valence-corrected chi connectivity index (χ3v) is 8.88. The molecule has 0 aliphatic rings. The molecule has 6 rings (SSSR count). The van der Waals surface area contributed by atoms with E-state index in [0.29, 0.717) is 50.1 Å². The predicted octanol–water partition coefficient (Wildman–Crippen LogP) is 7.52. The molecular formula is C33H21ClF4N6O4S. The summed E-state index contributed by atoms with van der Waals surface area (Å²) in [4.78, 5) is 41.8. The highest BCUT2D eigenvalue weighted by Gasteiger charge is 2.38. The summed E-state index contributed by atoms with van der Waals surface area (Å²) in [6, 6.07) is 8.87. The fourth-order valence-corrected chi connectivity index (χ4v) is 6.72. The van der Waals surface area contributed by atoms with Gasteiger partial charge in [-0.3, -0.25) is 14.3 Å². The van der Waals surface area contributed by atoms with E-state index in [0.717, 1.165) is 4.57 Å². The molecule has 248 valence electrons. The molecule has 0 atom stereocenters. The van der Waals surface area contributed by atoms with E-state index in [1.165, 1.54) is 30.6 Å². The molecule has 0 saturated heterocycles. The molecule has 6 aromatic rings. The largest absolute Gasteiger partial charge is 0.491 e. The zero-order valence-corrected chi connectivity index (χ0v) is 27.2. The zero-order valence-electron chi connectivity index (χ0n) is 25.6. The van der Waals surface area contributed by atoms with Crippen LogP contribution in [-0.4, -0.2) is 42.2 Å². The second kappa shape index (κ2) is 12.5. The molecule has 10 nitrogen and oxygen atoms in total. The molecule has 0 aliphatic carbocycles. The van der Waals surface area contributed by atoms with Crippen molar-refractivity contribution in [3.63, 3.8) is 0 Å². The number of benzene rings is 2. The summed E-state index contributed by atoms with van der Waals surface area (Å²) < 4.78 is 65.6. The van der Waals surface area contributed by atoms with Crippen LogP contribution in [0.3, 0.4) is 0 Å². The Morgan fingerprint density at radius 3 is 2.57 bits per heavy atom. The number of carboxylic acid groups (broad SMARTS) is 1. The maximum atomic E-state index is 14.9. The molecule has 1 N–H and O–H groups in total. The SMILES string of the molecule is Cc1cc(-c2cc(Cl)ccc2OCCn2c(C)nc3cc(C(F)(F)F)c(-c4nc(C)ncc4F)c(C#N)c3c2=O)c2scc(C(=O)O)c2n1. The van der Waals surface area contributed by atoms with E-state index in [1.54, 1.807) is 37.3 Å². The number of carbonyl (C=O) groups is 1. The van der Waals surface area contributed by atoms with E-state index in [1.807, 2.05) is 0 Å². The maximum Gasteiger partial charge on any atom is 0.417 e. The van der Waals surface area contributed by atoms with Gasteiger partial charge in [0.05, 0.1) is 50.6 Å². The number of pyridine rings is 1. The highest BCUT2D eigenvalue weighted by Crippen LogP contribution is 2.42. The van der Waals surface area contributed by atoms with Crippen molar-refractivity contribution in [1.82, 2.24) is 24.5 Å². The first-order chi connectivity index (χ1) is 23.2. The Morgan fingerprint density at radius 2 is 1.88 bits per heavy atom. The minimum Gasteiger partial charge on any atom is -0.491 e. The number of ether oxygens (including phenoxy) is 1. The Labute approximate surface area is 282 Å². The van der Waals surface area contributed by atoms with Crippen molar-refractivity contribution >= 4 is 50.0 Å². The minimum absolute atomic E-state index is 0.0394. The molecule has 0 bridgehead atoms. The Kier molecular flexibility index (Phi) is 8.55. The van der Waals surface area contributed by atoms with Gasteiger partial charge in [-0.25, -0.2) is 24.1 Å². The fourth-order valence-electron chi connectivity index (χ4n) is 5.54. The lowest BCUT2D eigenvalue weighted by Crippen LogP contribution is -2.28. The fraction of sp³-hybridized carbons (Fsp3) is 0.182. The van der Waals surface area contributed by atoms with Crippen LogP contribution in [0.5, 0.6) is 5.75 Å². The van der Waals surface area contributed by atoms with Crippen LogP contribution in [0, 0.1) is 37.9 Å². The van der Waals surface area contributed by atoms with Gasteiger partial charge in [-0.1, -0.05) is 11.6 Å². The lowest BCUT2D eigenvalue weighted by molar-refractivity contribution is -0.137. The third kappa shape index (κ3) is 6.05. The number of aryl methyl sites for hydroxylation is 3. The molecular weight excluding hydrogens is 688 g/mol. The number of nitrogens with zero attached hydrogens (tertiary/aromatic N) is 6. The molecule has 4 aromatic heterocycles. The summed E-state index contributed by atoms with van der Waals surface area (Å²) in [7, 11) is 0. The number of thiophene rings is 1. The van der Waals surface area contributed by atoms with Gasteiger partial charge in [0.15, 0.2) is 5.82 Å². The van der Waals surface area contributed by atoms with Crippen molar-refractivity contribution in [2.75, 3.05) is 6.61 Å². The Bertz CT molecular complexity index is 2460. The quantitative estimate of drug-likeness (QED) is 0.167. The monoisotopic (exact) mass is 708 g/mol. The number of hydrogen-bond acceptors (Lipinski definition) is 9. The molecule has 0 amide bonds. The average Bonchev–Trinajstić information content (AvgIpc) is 3.47. The maximum absolute atomic E-state index is 14.9. The van der Waals surface area contributed by atoms with E-state index in [9.17, 15) is 37.5 Å². The van der Waals surface area contributed by atoms with E-state index < -0.39 is 56.8 Å². The molecule has 4 heterocycles. The lowest BCUT2D eigenvalue weighted by atomic mass is 9.94. The number of alkyl halides is 3. The highest BCUT2D eigenvalue weighted by atomic mass is 35.5. The first-order valence-electron chi connectivity index (χ1n) is 14.3. The van der Waals surface area contributed by atoms with Gasteiger partial charge in [0.25, 0.3) is 5.56 Å². The number of carboxylic acids is 1. The zero-order chi connectivity index (χ0) is 35.4. The van der Waals surface area contributed by atoms with Crippen LogP contribution >= 0.6 is 22.9 Å². The second-order valence-electron chi connectivity index (χ2n) is 10.8. The number of aromatic nitrogens is 5. The number of halogens is 5. The van der Waals surface area contributed by atoms with Crippen molar-refractivity contribution in [2.24, 2.45) is 0 Å². The number of rotatable bonds is 7. The van der Waals surface area contributed by atoms with Crippen molar-refractivity contribution in [2.45, 2.75) is 33.5 Å². The Hall–Kier alpha value is -5.46. The van der Waals surface area contributed by atoms with Crippen LogP contribution in [0.2, 0.25) is 5.02 Å². The van der Waals surface area contributed by atoms with Crippen molar-refractivity contribution in [3.8, 4) is 34.2 Å². The van der Waals surface area contributed by atoms with Crippen LogP contribution in [0.15, 0.2) is 46.7 Å². The van der Waals surface area contributed by atoms with Crippen LogP contribution < -0.4 is 10.3 Å². The third-order valence-electron chi connectivity index (χ3n) is 7.64. The number of nitriles is 1. The van der Waals surface area contributed by atoms with E-state index in [4.69, 9.17) is 16.3 Å². The summed E-state index contributed by atoms with van der Waals surface area (Å²) in [6.45, 7) is 4.20. The number of fused-ring (bicyclic) bond motifs is 2. The number of hydrogen-bond donors (Lipinski definition) is 1. The predicted molar refractivity (Wildman–Crippen MR) is 173 cm³/mol. The lowest BCUT2D eigenvalue weighted by Gasteiger charge is -2.18. The Balaban J connectivity index is 1.43. The molecule has 0 radical (unpaired) electrons. The van der Waals surface area contributed by atoms with Gasteiger partial charge in [0, 0.05) is 32.8 Å². The normalized spacial score (nSPS) is 11.7. The second-order valence-corrected chi connectivity index (χ2v) is 12.2. The molecule has 0 aliphatic heterocycles. The van der Waals surface area contributed by atoms with Crippen LogP contribution in [0.1, 0.15) is 38.8 Å². The molecule has 2 aromatic carbocycles. The van der Waals surface area contributed by atoms with Gasteiger partial charge in [-0.15, -0.1) is 11.3 Å².